The monoisotopic (exact) mass is 2010 g/mol. The van der Waals surface area contributed by atoms with Gasteiger partial charge in [0.05, 0.1) is 100.0 Å². The van der Waals surface area contributed by atoms with Crippen molar-refractivity contribution in [3.8, 4) is 0 Å². The number of aliphatic hydroxyl groups excluding tert-OH is 1. The van der Waals surface area contributed by atoms with E-state index in [-0.39, 0.29) is 166 Å². The minimum atomic E-state index is -1.15. The molecule has 4 atom stereocenters. The second-order valence-electron chi connectivity index (χ2n) is 38.9. The zero-order valence-electron chi connectivity index (χ0n) is 85.3. The summed E-state index contributed by atoms with van der Waals surface area (Å²) in [5.74, 6) is -0.148. The largest absolute Gasteiger partial charge is 0.447 e. The molecule has 2 radical (unpaired) electrons. The first-order valence-electron chi connectivity index (χ1n) is 42.7. The Balaban J connectivity index is -0.000000194. The van der Waals surface area contributed by atoms with E-state index in [2.05, 4.69) is 155 Å². The van der Waals surface area contributed by atoms with Gasteiger partial charge in [-0.15, -0.1) is 24.9 Å². The fraction of sp³-hybridized carbons (Fsp3) is 0.795. The van der Waals surface area contributed by atoms with Crippen molar-refractivity contribution in [1.82, 2.24) is 73.6 Å². The predicted octanol–water partition coefficient (Wildman–Crippen LogP) is 8.24. The summed E-state index contributed by atoms with van der Waals surface area (Å²) in [5.41, 5.74) is -1.33. The van der Waals surface area contributed by atoms with Crippen LogP contribution in [0.5, 0.6) is 0 Å². The average Bonchev–Trinajstić information content (AvgIpc) is 1.07. The van der Waals surface area contributed by atoms with Gasteiger partial charge >= 0.3 is 0 Å². The van der Waals surface area contributed by atoms with Crippen LogP contribution in [0.25, 0.3) is 0 Å². The Bertz CT molecular complexity index is 3260. The van der Waals surface area contributed by atoms with Gasteiger partial charge in [0.25, 0.3) is 0 Å². The molecule has 0 aliphatic rings. The fourth-order valence-corrected chi connectivity index (χ4v) is 10.3. The molecular weight excluding hydrogens is 1840 g/mol. The fourth-order valence-electron chi connectivity index (χ4n) is 9.16. The number of Topliss-reactive ketones (excluding diaryl/α,β-unsaturated/α-hetero) is 3. The van der Waals surface area contributed by atoms with E-state index in [0.29, 0.717) is 85.3 Å². The van der Waals surface area contributed by atoms with E-state index >= 15 is 0 Å². The van der Waals surface area contributed by atoms with Gasteiger partial charge in [0.2, 0.25) is 35.4 Å². The van der Waals surface area contributed by atoms with Crippen molar-refractivity contribution in [3.63, 3.8) is 0 Å². The SMILES string of the molecule is C/C(=N\O)C(C)(C)NCC(CNC(C)(C)/C(C)=N/O)NC(=O)CCCC(=O)C(C)C.C/C(=N\O)C(C)(C)NCCCNC(C)(C)[C-]=NO.C/C(=N\O)C(C)(C)NC[CH-]CNC(C)(C)/C(C)=N/O.CC(=O)NCSC[C@H](NC(=O)[C@H](CO)NC(=O)CN(C)C)C(=O)C(C)(C)C.CN(C)CC(=O)NC(C(=O)NC(CS)C(=O)C(C)(C)C)C(C)(C)C.[CH2-]C(C)C.[CH2-]C(C)C.[Y].[Y]. The first-order valence-corrected chi connectivity index (χ1v) is 44.5. The second-order valence-corrected chi connectivity index (χ2v) is 40.3. The summed E-state index contributed by atoms with van der Waals surface area (Å²) in [6.45, 7) is 72.1. The molecule has 0 aliphatic heterocycles. The number of thiol groups is 1. The third-order valence-corrected chi connectivity index (χ3v) is 20.0. The number of amides is 6. The zero-order chi connectivity index (χ0) is 101. The van der Waals surface area contributed by atoms with Crippen LogP contribution in [0.1, 0.15) is 254 Å². The first-order chi connectivity index (χ1) is 57.2. The standard InChI is InChI=1S/C21H41N5O4.C17H32N4O5S.C17H33N3O3S.C13H27N4O2.C12H25N4O2.2C4H9.2Y/c1-14(2)18(27)10-9-11-19(28)24-17(12-22-20(5,6)15(3)25-29)13-23-21(7,8)16(4)26-30;1-11(23)18-10-27-9-13(15(25)17(2,3)4)20-16(26)12(8-22)19-14(24)7-21(5)6;1-16(2,3)13(19-12(21)9-20(7)8)15(23)18-11(10-24)14(22)17(4,5)6;1-10(16-18)12(3,4)14-8-7-9-15-13(5,6)11(2)17-19;1-10(16-18)12(4,5)14-8-6-7-13-11(2,3)9-15-17;2*1-4(2)3;;/h14,17,22-23,29-30H,9-13H2,1-8H3,(H,24,28);12-13,22H,7-10H2,1-6H3,(H,18,23)(H,19,24)(H,20,26);11,13,24H,9-10H2,1-8H3,(H,18,23)(H,19,21);7,14-15,18-19H,8-9H2,1-6H3;13-14,17-18H,6-8H2,1-5H3;2*4H,1H2,2-3H3;;/q;;;4*-1;;/b25-15+,26-16+;;;16-10+,17-11+;16-10+;;;;/t;12-,13-;;;;;;;/m.0......./s1. The van der Waals surface area contributed by atoms with E-state index in [1.54, 1.807) is 114 Å². The van der Waals surface area contributed by atoms with Crippen molar-refractivity contribution in [3.05, 3.63) is 20.3 Å². The predicted molar refractivity (Wildman–Crippen MR) is 516 cm³/mol. The van der Waals surface area contributed by atoms with Gasteiger partial charge in [0.1, 0.15) is 17.9 Å². The van der Waals surface area contributed by atoms with Crippen LogP contribution in [0.2, 0.25) is 0 Å². The molecular formula is C88H176N20O16S2Y2-4. The maximum atomic E-state index is 12.7. The second kappa shape index (κ2) is 71.7. The number of thioether (sulfide) groups is 1. The molecule has 0 spiro atoms. The van der Waals surface area contributed by atoms with E-state index in [4.69, 9.17) is 31.2 Å². The molecule has 0 rings (SSSR count). The molecule has 0 aromatic carbocycles. The van der Waals surface area contributed by atoms with E-state index in [1.165, 1.54) is 18.7 Å². The van der Waals surface area contributed by atoms with Gasteiger partial charge in [-0.05, 0) is 163 Å². The number of rotatable bonds is 48. The Hall–Kier alpha value is -4.80. The molecule has 36 nitrogen and oxygen atoms in total. The molecule has 0 aromatic heterocycles. The van der Waals surface area contributed by atoms with E-state index in [1.807, 2.05) is 124 Å². The van der Waals surface area contributed by atoms with Crippen LogP contribution in [0, 0.1) is 54.3 Å². The van der Waals surface area contributed by atoms with E-state index < -0.39 is 75.5 Å². The molecule has 40 heteroatoms. The summed E-state index contributed by atoms with van der Waals surface area (Å²) in [6.07, 6.45) is 6.68. The van der Waals surface area contributed by atoms with Gasteiger partial charge < -0.3 is 142 Å². The summed E-state index contributed by atoms with van der Waals surface area (Å²) < 4.78 is 0. The molecule has 6 amide bonds. The number of carbonyl (C=O) groups is 9. The minimum Gasteiger partial charge on any atom is -0.447 e. The van der Waals surface area contributed by atoms with Gasteiger partial charge in [0.15, 0.2) is 11.6 Å². The third-order valence-electron chi connectivity index (χ3n) is 18.7. The number of ketones is 3. The number of nitrogens with zero attached hydrogens (tertiary/aromatic N) is 8. The van der Waals surface area contributed by atoms with Gasteiger partial charge in [-0.3, -0.25) is 43.2 Å². The molecule has 128 heavy (non-hydrogen) atoms. The van der Waals surface area contributed by atoms with Gasteiger partial charge in [-0.2, -0.15) is 24.5 Å². The topological polar surface area (TPSA) is 520 Å². The molecule has 0 saturated carbocycles. The number of hydrogen-bond donors (Lipinski definition) is 20. The summed E-state index contributed by atoms with van der Waals surface area (Å²) in [4.78, 5) is 113. The summed E-state index contributed by atoms with van der Waals surface area (Å²) >= 11 is 5.48. The molecule has 0 saturated heterocycles. The first kappa shape index (κ1) is 141. The number of likely N-dealkylation sites (N-methyl/N-ethyl adjacent to an activating group) is 2. The molecule has 0 bridgehead atoms. The van der Waals surface area contributed by atoms with Crippen LogP contribution in [0.15, 0.2) is 30.9 Å². The summed E-state index contributed by atoms with van der Waals surface area (Å²) in [6, 6.07) is -3.64. The van der Waals surface area contributed by atoms with Gasteiger partial charge in [-0.1, -0.05) is 149 Å². The van der Waals surface area contributed by atoms with Crippen molar-refractivity contribution < 1.29 is 145 Å². The maximum absolute atomic E-state index is 12.7. The zero-order valence-corrected chi connectivity index (χ0v) is 92.7. The Labute approximate surface area is 831 Å². The van der Waals surface area contributed by atoms with Crippen molar-refractivity contribution >= 4 is 112 Å². The molecule has 0 aliphatic carbocycles. The van der Waals surface area contributed by atoms with Gasteiger partial charge in [0, 0.05) is 127 Å². The minimum absolute atomic E-state index is 0. The maximum Gasteiger partial charge on any atom is 0.245 e. The molecule has 0 heterocycles. The summed E-state index contributed by atoms with van der Waals surface area (Å²) in [7, 11) is 6.98. The Kier molecular flexibility index (Phi) is 79.0. The van der Waals surface area contributed by atoms with Crippen molar-refractivity contribution in [2.75, 3.05) is 105 Å². The smallest absolute Gasteiger partial charge is 0.245 e. The average molecular weight is 2010 g/mol. The Morgan fingerprint density at radius 3 is 1.14 bits per heavy atom. The molecule has 746 valence electrons. The van der Waals surface area contributed by atoms with Crippen LogP contribution in [0.4, 0.5) is 0 Å². The normalized spacial score (nSPS) is 13.9. The van der Waals surface area contributed by atoms with Crippen molar-refractivity contribution in [2.45, 2.75) is 318 Å². The molecule has 0 fully saturated rings. The number of nitrogens with one attached hydrogen (secondary N) is 12. The summed E-state index contributed by atoms with van der Waals surface area (Å²) in [5, 5.41) is 117. The van der Waals surface area contributed by atoms with E-state index in [9.17, 15) is 48.3 Å². The molecule has 2 unspecified atom stereocenters. The van der Waals surface area contributed by atoms with Crippen LogP contribution < -0.4 is 63.8 Å². The van der Waals surface area contributed by atoms with Gasteiger partial charge in [-0.25, -0.2) is 0 Å². The Morgan fingerprint density at radius 1 is 0.461 bits per heavy atom. The Morgan fingerprint density at radius 2 is 0.812 bits per heavy atom. The van der Waals surface area contributed by atoms with Crippen LogP contribution in [-0.2, 0) is 109 Å². The number of carbonyl (C=O) groups excluding carboxylic acids is 9. The van der Waals surface area contributed by atoms with Crippen LogP contribution in [0.3, 0.4) is 0 Å². The number of oxime groups is 5. The third kappa shape index (κ3) is 73.6. The number of hydrogen-bond acceptors (Lipinski definition) is 32. The van der Waals surface area contributed by atoms with Crippen LogP contribution >= 0.6 is 24.4 Å². The van der Waals surface area contributed by atoms with Crippen molar-refractivity contribution in [1.29, 1.82) is 0 Å². The van der Waals surface area contributed by atoms with Crippen LogP contribution in [-0.4, -0.2) is 302 Å². The molecule has 19 N–H and O–H groups in total. The quantitative estimate of drug-likeness (QED) is 0.00518. The van der Waals surface area contributed by atoms with Crippen molar-refractivity contribution in [2.24, 2.45) is 64.9 Å². The van der Waals surface area contributed by atoms with E-state index in [0.717, 1.165) is 19.5 Å². The molecule has 0 aromatic rings. The number of aliphatic hydroxyl groups is 1.